The van der Waals surface area contributed by atoms with E-state index in [0.717, 1.165) is 0 Å². The number of halogens is 1. The number of nitrogens with zero attached hydrogens (tertiary/aromatic N) is 2. The molecule has 0 amide bonds. The number of cyclic esters (lactones) is 1. The first kappa shape index (κ1) is 19.4. The van der Waals surface area contributed by atoms with Crippen molar-refractivity contribution in [2.24, 2.45) is 4.99 Å². The molecule has 1 aliphatic rings. The van der Waals surface area contributed by atoms with Crippen molar-refractivity contribution in [3.63, 3.8) is 0 Å². The second kappa shape index (κ2) is 8.10. The molecule has 0 aromatic heterocycles. The lowest BCUT2D eigenvalue weighted by Gasteiger charge is -2.11. The van der Waals surface area contributed by atoms with Gasteiger partial charge in [0.25, 0.3) is 5.69 Å². The van der Waals surface area contributed by atoms with Gasteiger partial charge in [-0.1, -0.05) is 23.7 Å². The second-order valence-corrected chi connectivity index (χ2v) is 5.98. The first-order chi connectivity index (χ1) is 13.4. The molecule has 1 heterocycles. The van der Waals surface area contributed by atoms with Gasteiger partial charge in [-0.05, 0) is 31.2 Å². The van der Waals surface area contributed by atoms with Crippen molar-refractivity contribution in [1.82, 2.24) is 0 Å². The number of hydrogen-bond acceptors (Lipinski definition) is 7. The topological polar surface area (TPSA) is 100 Å². The molecule has 2 aromatic carbocycles. The molecule has 1 aliphatic heterocycles. The zero-order valence-corrected chi connectivity index (χ0v) is 15.7. The number of carbonyl (C=O) groups is 1. The zero-order chi connectivity index (χ0) is 20.3. The molecule has 144 valence electrons. The Morgan fingerprint density at radius 2 is 2.11 bits per heavy atom. The largest absolute Gasteiger partial charge is 0.492 e. The Kier molecular flexibility index (Phi) is 5.60. The number of aliphatic imine (C=N–C) groups is 1. The highest BCUT2D eigenvalue weighted by molar-refractivity contribution is 6.32. The minimum absolute atomic E-state index is 0.0214. The zero-order valence-electron chi connectivity index (χ0n) is 15.0. The second-order valence-electron chi connectivity index (χ2n) is 5.57. The third-order valence-corrected chi connectivity index (χ3v) is 4.14. The monoisotopic (exact) mass is 402 g/mol. The highest BCUT2D eigenvalue weighted by atomic mass is 35.5. The van der Waals surface area contributed by atoms with Crippen molar-refractivity contribution >= 4 is 35.2 Å². The molecule has 0 saturated carbocycles. The first-order valence-electron chi connectivity index (χ1n) is 8.21. The molecule has 0 spiro atoms. The van der Waals surface area contributed by atoms with Gasteiger partial charge < -0.3 is 14.2 Å². The molecule has 8 nitrogen and oxygen atoms in total. The molecular formula is C19H15ClN2O6. The van der Waals surface area contributed by atoms with Crippen LogP contribution in [0.4, 0.5) is 5.69 Å². The van der Waals surface area contributed by atoms with Crippen LogP contribution in [0.25, 0.3) is 6.08 Å². The third-order valence-electron chi connectivity index (χ3n) is 3.82. The molecule has 3 rings (SSSR count). The summed E-state index contributed by atoms with van der Waals surface area (Å²) in [4.78, 5) is 26.8. The Morgan fingerprint density at radius 1 is 1.32 bits per heavy atom. The van der Waals surface area contributed by atoms with Gasteiger partial charge in [0, 0.05) is 17.2 Å². The van der Waals surface area contributed by atoms with E-state index >= 15 is 0 Å². The number of carbonyl (C=O) groups excluding carboxylic acids is 1. The number of nitro benzene ring substituents is 1. The number of hydrogen-bond donors (Lipinski definition) is 0. The van der Waals surface area contributed by atoms with Gasteiger partial charge in [0.2, 0.25) is 5.90 Å². The van der Waals surface area contributed by atoms with Crippen molar-refractivity contribution in [3.05, 3.63) is 68.4 Å². The SMILES string of the molecule is CCOc1cccc(/C=C2\N=C(c3ccc(Cl)c([N+](=O)[O-])c3)OC2=O)c1OC. The summed E-state index contributed by atoms with van der Waals surface area (Å²) in [6.07, 6.45) is 1.50. The summed E-state index contributed by atoms with van der Waals surface area (Å²) in [5.74, 6) is 0.256. The Balaban J connectivity index is 2.00. The smallest absolute Gasteiger partial charge is 0.363 e. The number of esters is 1. The molecular weight excluding hydrogens is 388 g/mol. The van der Waals surface area contributed by atoms with Gasteiger partial charge in [-0.15, -0.1) is 0 Å². The Bertz CT molecular complexity index is 1020. The lowest BCUT2D eigenvalue weighted by Crippen LogP contribution is -2.06. The number of methoxy groups -OCH3 is 1. The van der Waals surface area contributed by atoms with Crippen molar-refractivity contribution in [2.75, 3.05) is 13.7 Å². The Morgan fingerprint density at radius 3 is 2.79 bits per heavy atom. The molecule has 0 atom stereocenters. The van der Waals surface area contributed by atoms with Crippen LogP contribution in [0.15, 0.2) is 47.1 Å². The van der Waals surface area contributed by atoms with Crippen molar-refractivity contribution in [1.29, 1.82) is 0 Å². The predicted molar refractivity (Wildman–Crippen MR) is 103 cm³/mol. The van der Waals surface area contributed by atoms with Gasteiger partial charge in [-0.25, -0.2) is 9.79 Å². The van der Waals surface area contributed by atoms with Gasteiger partial charge in [-0.3, -0.25) is 10.1 Å². The predicted octanol–water partition coefficient (Wildman–Crippen LogP) is 4.00. The van der Waals surface area contributed by atoms with Crippen LogP contribution in [0.5, 0.6) is 11.5 Å². The van der Waals surface area contributed by atoms with E-state index < -0.39 is 10.9 Å². The van der Waals surface area contributed by atoms with E-state index in [9.17, 15) is 14.9 Å². The van der Waals surface area contributed by atoms with Crippen LogP contribution >= 0.6 is 11.6 Å². The lowest BCUT2D eigenvalue weighted by molar-refractivity contribution is -0.384. The van der Waals surface area contributed by atoms with Crippen molar-refractivity contribution in [2.45, 2.75) is 6.92 Å². The van der Waals surface area contributed by atoms with Crippen LogP contribution in [0.2, 0.25) is 5.02 Å². The van der Waals surface area contributed by atoms with Crippen LogP contribution in [-0.4, -0.2) is 30.5 Å². The van der Waals surface area contributed by atoms with Gasteiger partial charge in [-0.2, -0.15) is 0 Å². The Labute approximate surface area is 165 Å². The molecule has 0 saturated heterocycles. The normalized spacial score (nSPS) is 14.6. The first-order valence-corrected chi connectivity index (χ1v) is 8.59. The molecule has 0 radical (unpaired) electrons. The highest BCUT2D eigenvalue weighted by Crippen LogP contribution is 2.34. The van der Waals surface area contributed by atoms with E-state index in [1.54, 1.807) is 18.2 Å². The summed E-state index contributed by atoms with van der Waals surface area (Å²) in [5, 5.41) is 11.0. The standard InChI is InChI=1S/C19H15ClN2O6/c1-3-27-16-6-4-5-11(17(16)26-2)9-14-19(23)28-18(21-14)12-7-8-13(20)15(10-12)22(24)25/h4-10H,3H2,1-2H3/b14-9-. The van der Waals surface area contributed by atoms with Crippen molar-refractivity contribution in [3.8, 4) is 11.5 Å². The van der Waals surface area contributed by atoms with Gasteiger partial charge in [0.05, 0.1) is 18.6 Å². The minimum Gasteiger partial charge on any atom is -0.492 e. The number of para-hydroxylation sites is 1. The molecule has 28 heavy (non-hydrogen) atoms. The summed E-state index contributed by atoms with van der Waals surface area (Å²) in [6.45, 7) is 2.30. The van der Waals surface area contributed by atoms with E-state index in [0.29, 0.717) is 23.7 Å². The van der Waals surface area contributed by atoms with E-state index in [2.05, 4.69) is 4.99 Å². The summed E-state index contributed by atoms with van der Waals surface area (Å²) >= 11 is 5.81. The Hall–Kier alpha value is -3.39. The lowest BCUT2D eigenvalue weighted by atomic mass is 10.1. The summed E-state index contributed by atoms with van der Waals surface area (Å²) in [7, 11) is 1.49. The molecule has 9 heteroatoms. The van der Waals surface area contributed by atoms with Gasteiger partial charge >= 0.3 is 5.97 Å². The number of rotatable bonds is 6. The maximum Gasteiger partial charge on any atom is 0.363 e. The molecule has 0 unspecified atom stereocenters. The molecule has 0 aliphatic carbocycles. The summed E-state index contributed by atoms with van der Waals surface area (Å²) in [5.41, 5.74) is 0.566. The molecule has 0 N–H and O–H groups in total. The van der Waals surface area contributed by atoms with E-state index in [1.807, 2.05) is 6.92 Å². The number of benzene rings is 2. The van der Waals surface area contributed by atoms with Crippen LogP contribution in [0.3, 0.4) is 0 Å². The van der Waals surface area contributed by atoms with Crippen LogP contribution < -0.4 is 9.47 Å². The number of nitro groups is 1. The average molecular weight is 403 g/mol. The van der Waals surface area contributed by atoms with E-state index in [1.165, 1.54) is 31.4 Å². The minimum atomic E-state index is -0.684. The highest BCUT2D eigenvalue weighted by Gasteiger charge is 2.26. The maximum atomic E-state index is 12.2. The molecule has 0 fully saturated rings. The number of ether oxygens (including phenoxy) is 3. The quantitative estimate of drug-likeness (QED) is 0.313. The van der Waals surface area contributed by atoms with Crippen LogP contribution in [0, 0.1) is 10.1 Å². The van der Waals surface area contributed by atoms with Gasteiger partial charge in [0.15, 0.2) is 17.2 Å². The fourth-order valence-corrected chi connectivity index (χ4v) is 2.79. The third kappa shape index (κ3) is 3.81. The van der Waals surface area contributed by atoms with Crippen LogP contribution in [-0.2, 0) is 9.53 Å². The maximum absolute atomic E-state index is 12.2. The molecule has 2 aromatic rings. The fourth-order valence-electron chi connectivity index (χ4n) is 2.60. The van der Waals surface area contributed by atoms with Crippen molar-refractivity contribution < 1.29 is 23.9 Å². The van der Waals surface area contributed by atoms with E-state index in [4.69, 9.17) is 25.8 Å². The molecule has 0 bridgehead atoms. The van der Waals surface area contributed by atoms with Gasteiger partial charge in [0.1, 0.15) is 5.02 Å². The fraction of sp³-hybridized carbons (Fsp3) is 0.158. The van der Waals surface area contributed by atoms with Crippen LogP contribution in [0.1, 0.15) is 18.1 Å². The summed E-state index contributed by atoms with van der Waals surface area (Å²) < 4.78 is 16.1. The average Bonchev–Trinajstić information content (AvgIpc) is 3.03. The van der Waals surface area contributed by atoms with E-state index in [-0.39, 0.29) is 27.9 Å². The summed E-state index contributed by atoms with van der Waals surface area (Å²) in [6, 6.07) is 9.28.